The lowest BCUT2D eigenvalue weighted by atomic mass is 9.85. The van der Waals surface area contributed by atoms with Crippen LogP contribution in [0.2, 0.25) is 5.02 Å². The van der Waals surface area contributed by atoms with Crippen molar-refractivity contribution in [2.45, 2.75) is 74.4 Å². The van der Waals surface area contributed by atoms with Crippen LogP contribution in [0.5, 0.6) is 0 Å². The van der Waals surface area contributed by atoms with E-state index in [2.05, 4.69) is 55.3 Å². The molecule has 43 heavy (non-hydrogen) atoms. The van der Waals surface area contributed by atoms with Crippen LogP contribution < -0.4 is 16.2 Å². The van der Waals surface area contributed by atoms with E-state index in [0.29, 0.717) is 33.2 Å². The van der Waals surface area contributed by atoms with Gasteiger partial charge in [0.05, 0.1) is 6.54 Å². The van der Waals surface area contributed by atoms with Crippen molar-refractivity contribution >= 4 is 34.8 Å². The first-order valence-electron chi connectivity index (χ1n) is 15.1. The first-order chi connectivity index (χ1) is 20.2. The summed E-state index contributed by atoms with van der Waals surface area (Å²) in [7, 11) is 2.16. The largest absolute Gasteiger partial charge is 0.348 e. The van der Waals surface area contributed by atoms with Gasteiger partial charge in [-0.25, -0.2) is 4.98 Å². The maximum Gasteiger partial charge on any atom is 0.265 e. The van der Waals surface area contributed by atoms with Gasteiger partial charge in [0.25, 0.3) is 11.5 Å². The number of amides is 1. The fourth-order valence-electron chi connectivity index (χ4n) is 5.12. The van der Waals surface area contributed by atoms with Crippen LogP contribution in [-0.4, -0.2) is 59.9 Å². The maximum atomic E-state index is 12.8. The van der Waals surface area contributed by atoms with Crippen molar-refractivity contribution in [3.63, 3.8) is 0 Å². The molecule has 0 saturated carbocycles. The lowest BCUT2D eigenvalue weighted by Crippen LogP contribution is -2.50. The predicted molar refractivity (Wildman–Crippen MR) is 178 cm³/mol. The summed E-state index contributed by atoms with van der Waals surface area (Å²) in [6, 6.07) is 10.5. The second-order valence-corrected chi connectivity index (χ2v) is 13.3. The second kappa shape index (κ2) is 16.1. The SMILES string of the molecule is CC.CC(C)c1ccnc2c1cc(C(=O)NCc1ccc(Cl)cc1)c(=O)n2CC=O.CC1(C)CNC1.CN1CC(C)(C)C1. The fraction of sp³-hybridized carbons (Fsp3) is 0.529. The van der Waals surface area contributed by atoms with Crippen LogP contribution in [0.4, 0.5) is 0 Å². The summed E-state index contributed by atoms with van der Waals surface area (Å²) in [5, 5.41) is 7.25. The van der Waals surface area contributed by atoms with Crippen molar-refractivity contribution in [1.29, 1.82) is 0 Å². The number of carbonyl (C=O) groups excluding carboxylic acids is 2. The maximum absolute atomic E-state index is 12.8. The number of benzene rings is 1. The van der Waals surface area contributed by atoms with Gasteiger partial charge in [-0.05, 0) is 59.2 Å². The highest BCUT2D eigenvalue weighted by atomic mass is 35.5. The minimum atomic E-state index is -0.540. The molecule has 236 valence electrons. The number of hydrogen-bond acceptors (Lipinski definition) is 6. The van der Waals surface area contributed by atoms with Crippen molar-refractivity contribution < 1.29 is 9.59 Å². The first kappa shape index (κ1) is 36.1. The lowest BCUT2D eigenvalue weighted by Gasteiger charge is -2.43. The summed E-state index contributed by atoms with van der Waals surface area (Å²) in [4.78, 5) is 43.3. The zero-order chi connectivity index (χ0) is 32.4. The number of fused-ring (bicyclic) bond motifs is 1. The summed E-state index contributed by atoms with van der Waals surface area (Å²) in [5.41, 5.74) is 2.89. The van der Waals surface area contributed by atoms with E-state index in [1.807, 2.05) is 33.8 Å². The number of likely N-dealkylation sites (tertiary alicyclic amines) is 1. The zero-order valence-corrected chi connectivity index (χ0v) is 28.1. The van der Waals surface area contributed by atoms with Gasteiger partial charge in [0.15, 0.2) is 0 Å². The van der Waals surface area contributed by atoms with Gasteiger partial charge >= 0.3 is 0 Å². The third kappa shape index (κ3) is 10.6. The Balaban J connectivity index is 0.000000349. The van der Waals surface area contributed by atoms with E-state index in [9.17, 15) is 14.4 Å². The van der Waals surface area contributed by atoms with Gasteiger partial charge < -0.3 is 20.3 Å². The minimum absolute atomic E-state index is 0.0155. The smallest absolute Gasteiger partial charge is 0.265 e. The highest BCUT2D eigenvalue weighted by molar-refractivity contribution is 6.30. The van der Waals surface area contributed by atoms with E-state index < -0.39 is 11.5 Å². The first-order valence-corrected chi connectivity index (χ1v) is 15.5. The van der Waals surface area contributed by atoms with Crippen LogP contribution in [0.3, 0.4) is 0 Å². The molecule has 8 nitrogen and oxygen atoms in total. The second-order valence-electron chi connectivity index (χ2n) is 12.8. The Kier molecular flexibility index (Phi) is 13.5. The summed E-state index contributed by atoms with van der Waals surface area (Å²) in [5.74, 6) is -0.335. The number of nitrogens with zero attached hydrogens (tertiary/aromatic N) is 3. The molecule has 4 heterocycles. The quantitative estimate of drug-likeness (QED) is 0.337. The van der Waals surface area contributed by atoms with E-state index in [0.717, 1.165) is 11.1 Å². The third-order valence-electron chi connectivity index (χ3n) is 7.12. The van der Waals surface area contributed by atoms with Crippen LogP contribution in [0.25, 0.3) is 11.0 Å². The van der Waals surface area contributed by atoms with Gasteiger partial charge in [0.2, 0.25) is 0 Å². The molecule has 0 atom stereocenters. The Bertz CT molecular complexity index is 1400. The average molecular weight is 612 g/mol. The Morgan fingerprint density at radius 3 is 2.07 bits per heavy atom. The van der Waals surface area contributed by atoms with Gasteiger partial charge in [-0.1, -0.05) is 79.1 Å². The molecule has 2 aromatic heterocycles. The van der Waals surface area contributed by atoms with Crippen molar-refractivity contribution in [1.82, 2.24) is 25.1 Å². The molecule has 1 aromatic carbocycles. The number of aldehydes is 1. The highest BCUT2D eigenvalue weighted by Gasteiger charge is 2.30. The average Bonchev–Trinajstić information content (AvgIpc) is 2.93. The van der Waals surface area contributed by atoms with E-state index in [1.54, 1.807) is 36.5 Å². The molecule has 0 unspecified atom stereocenters. The standard InChI is InChI=1S/C21H20ClN3O3.C6H13N.C5H11N.C2H6/c1-13(2)16-7-8-23-19-17(16)11-18(21(28)25(19)9-10-26)20(27)24-12-14-3-5-15(22)6-4-14;1-6(2)4-7(3)5-6;1-5(2)3-6-4-5;1-2/h3-8,10-11,13H,9,12H2,1-2H3,(H,24,27);4-5H2,1-3H3;6H,3-4H2,1-2H3;1-2H3. The highest BCUT2D eigenvalue weighted by Crippen LogP contribution is 2.26. The molecule has 2 aliphatic heterocycles. The predicted octanol–water partition coefficient (Wildman–Crippen LogP) is 5.90. The number of aromatic nitrogens is 2. The molecule has 3 aromatic rings. The van der Waals surface area contributed by atoms with Crippen molar-refractivity contribution in [3.8, 4) is 0 Å². The fourth-order valence-corrected chi connectivity index (χ4v) is 5.24. The Hall–Kier alpha value is -3.07. The molecule has 2 saturated heterocycles. The molecule has 2 N–H and O–H groups in total. The normalized spacial score (nSPS) is 16.2. The number of pyridine rings is 2. The molecule has 1 amide bonds. The molecule has 0 bridgehead atoms. The molecule has 0 aliphatic carbocycles. The Morgan fingerprint density at radius 2 is 1.65 bits per heavy atom. The van der Waals surface area contributed by atoms with Crippen molar-refractivity contribution in [2.24, 2.45) is 10.8 Å². The topological polar surface area (TPSA) is 96.3 Å². The monoisotopic (exact) mass is 611 g/mol. The molecule has 0 spiro atoms. The van der Waals surface area contributed by atoms with E-state index in [-0.39, 0.29) is 24.6 Å². The van der Waals surface area contributed by atoms with Crippen LogP contribution in [0.15, 0.2) is 47.4 Å². The van der Waals surface area contributed by atoms with Crippen LogP contribution in [-0.2, 0) is 17.9 Å². The summed E-state index contributed by atoms with van der Waals surface area (Å²) < 4.78 is 1.24. The van der Waals surface area contributed by atoms with E-state index in [4.69, 9.17) is 11.6 Å². The number of hydrogen-bond donors (Lipinski definition) is 2. The lowest BCUT2D eigenvalue weighted by molar-refractivity contribution is -0.108. The zero-order valence-electron chi connectivity index (χ0n) is 27.4. The number of halogens is 1. The molecular weight excluding hydrogens is 562 g/mol. The molecule has 2 fully saturated rings. The summed E-state index contributed by atoms with van der Waals surface area (Å²) in [6.45, 7) is 22.2. The van der Waals surface area contributed by atoms with Crippen molar-refractivity contribution in [3.05, 3.63) is 74.7 Å². The van der Waals surface area contributed by atoms with Crippen LogP contribution >= 0.6 is 11.6 Å². The van der Waals surface area contributed by atoms with Crippen LogP contribution in [0.1, 0.15) is 82.8 Å². The van der Waals surface area contributed by atoms with Gasteiger partial charge in [-0.3, -0.25) is 14.2 Å². The number of rotatable bonds is 6. The Morgan fingerprint density at radius 1 is 1.07 bits per heavy atom. The van der Waals surface area contributed by atoms with E-state index >= 15 is 0 Å². The molecular formula is C34H50ClN5O3. The van der Waals surface area contributed by atoms with Gasteiger partial charge in [-0.15, -0.1) is 0 Å². The minimum Gasteiger partial charge on any atom is -0.348 e. The van der Waals surface area contributed by atoms with E-state index in [1.165, 1.54) is 30.7 Å². The molecule has 9 heteroatoms. The summed E-state index contributed by atoms with van der Waals surface area (Å²) >= 11 is 5.87. The third-order valence-corrected chi connectivity index (χ3v) is 7.37. The summed E-state index contributed by atoms with van der Waals surface area (Å²) in [6.07, 6.45) is 2.23. The number of carbonyl (C=O) groups is 2. The van der Waals surface area contributed by atoms with Gasteiger partial charge in [-0.2, -0.15) is 0 Å². The van der Waals surface area contributed by atoms with Crippen LogP contribution in [0, 0.1) is 10.8 Å². The Labute approximate surface area is 262 Å². The molecule has 0 radical (unpaired) electrons. The van der Waals surface area contributed by atoms with Gasteiger partial charge in [0, 0.05) is 49.3 Å². The molecule has 5 rings (SSSR count). The molecule has 2 aliphatic rings. The van der Waals surface area contributed by atoms with Crippen molar-refractivity contribution in [2.75, 3.05) is 33.2 Å². The van der Waals surface area contributed by atoms with Gasteiger partial charge in [0.1, 0.15) is 17.5 Å². The number of nitrogens with one attached hydrogen (secondary N) is 2.